The van der Waals surface area contributed by atoms with Gasteiger partial charge in [0.2, 0.25) is 5.95 Å². The molecule has 9 heteroatoms. The summed E-state index contributed by atoms with van der Waals surface area (Å²) in [5.74, 6) is 2.86. The Morgan fingerprint density at radius 3 is 2.71 bits per heavy atom. The molecule has 2 saturated carbocycles. The molecule has 3 fully saturated rings. The number of aromatic amines is 1. The monoisotopic (exact) mass is 425 g/mol. The molecule has 1 amide bonds. The lowest BCUT2D eigenvalue weighted by molar-refractivity contribution is -0.0776. The molecule has 0 bridgehead atoms. The summed E-state index contributed by atoms with van der Waals surface area (Å²) < 4.78 is 5.47. The maximum atomic E-state index is 12.2. The van der Waals surface area contributed by atoms with E-state index in [1.54, 1.807) is 6.20 Å². The fourth-order valence-electron chi connectivity index (χ4n) is 4.58. The molecule has 166 valence electrons. The Bertz CT molecular complexity index is 964. The predicted molar refractivity (Wildman–Crippen MR) is 118 cm³/mol. The van der Waals surface area contributed by atoms with Crippen LogP contribution in [0, 0.1) is 5.41 Å². The van der Waals surface area contributed by atoms with Crippen molar-refractivity contribution >= 4 is 23.7 Å². The minimum Gasteiger partial charge on any atom is -0.444 e. The zero-order valence-electron chi connectivity index (χ0n) is 18.7. The number of aromatic nitrogens is 4. The van der Waals surface area contributed by atoms with Crippen LogP contribution in [0.4, 0.5) is 22.4 Å². The Hall–Kier alpha value is -2.84. The van der Waals surface area contributed by atoms with E-state index in [-0.39, 0.29) is 11.5 Å². The minimum atomic E-state index is -0.450. The number of nitrogens with one attached hydrogen (secondary N) is 2. The second kappa shape index (κ2) is 7.10. The van der Waals surface area contributed by atoms with Gasteiger partial charge < -0.3 is 19.9 Å². The number of rotatable bonds is 5. The van der Waals surface area contributed by atoms with E-state index in [2.05, 4.69) is 36.4 Å². The highest BCUT2D eigenvalue weighted by atomic mass is 16.6. The van der Waals surface area contributed by atoms with Crippen molar-refractivity contribution in [2.24, 2.45) is 5.41 Å². The lowest BCUT2D eigenvalue weighted by Gasteiger charge is -2.60. The third kappa shape index (κ3) is 4.18. The van der Waals surface area contributed by atoms with Gasteiger partial charge in [0, 0.05) is 55.5 Å². The van der Waals surface area contributed by atoms with Gasteiger partial charge in [0.1, 0.15) is 11.4 Å². The van der Waals surface area contributed by atoms with Crippen molar-refractivity contribution in [1.29, 1.82) is 0 Å². The molecule has 2 aromatic heterocycles. The fourth-order valence-corrected chi connectivity index (χ4v) is 4.58. The average molecular weight is 426 g/mol. The van der Waals surface area contributed by atoms with E-state index < -0.39 is 5.60 Å². The lowest BCUT2D eigenvalue weighted by Crippen LogP contribution is -2.67. The van der Waals surface area contributed by atoms with Crippen LogP contribution in [0.2, 0.25) is 0 Å². The zero-order valence-corrected chi connectivity index (χ0v) is 18.7. The van der Waals surface area contributed by atoms with E-state index >= 15 is 0 Å². The van der Waals surface area contributed by atoms with E-state index in [1.807, 2.05) is 38.8 Å². The highest BCUT2D eigenvalue weighted by Gasteiger charge is 2.55. The van der Waals surface area contributed by atoms with Gasteiger partial charge in [-0.1, -0.05) is 0 Å². The number of H-pyrrole nitrogens is 1. The molecule has 0 aromatic carbocycles. The number of nitrogens with zero attached hydrogens (tertiary/aromatic N) is 5. The van der Waals surface area contributed by atoms with Crippen LogP contribution >= 0.6 is 0 Å². The number of amides is 1. The number of carbonyl (C=O) groups excluding carboxylic acids is 1. The second-order valence-electron chi connectivity index (χ2n) is 10.4. The Balaban J connectivity index is 1.14. The highest BCUT2D eigenvalue weighted by Crippen LogP contribution is 2.50. The molecule has 2 aromatic rings. The van der Waals surface area contributed by atoms with Gasteiger partial charge in [-0.2, -0.15) is 10.1 Å². The van der Waals surface area contributed by atoms with Gasteiger partial charge in [-0.3, -0.25) is 5.10 Å². The van der Waals surface area contributed by atoms with E-state index in [1.165, 1.54) is 18.5 Å². The molecule has 31 heavy (non-hydrogen) atoms. The number of hydrogen-bond donors (Lipinski definition) is 2. The first-order chi connectivity index (χ1) is 14.7. The number of carbonyl (C=O) groups is 1. The van der Waals surface area contributed by atoms with Gasteiger partial charge in [0.05, 0.1) is 0 Å². The zero-order chi connectivity index (χ0) is 21.8. The molecule has 2 N–H and O–H groups in total. The summed E-state index contributed by atoms with van der Waals surface area (Å²) in [5.41, 5.74) is 0.961. The number of anilines is 3. The molecule has 0 radical (unpaired) electrons. The topological polar surface area (TPSA) is 99.3 Å². The van der Waals surface area contributed by atoms with E-state index in [0.29, 0.717) is 17.9 Å². The Morgan fingerprint density at radius 2 is 2.03 bits per heavy atom. The molecule has 5 rings (SSSR count). The van der Waals surface area contributed by atoms with Crippen molar-refractivity contribution in [3.8, 4) is 0 Å². The van der Waals surface area contributed by atoms with Crippen LogP contribution in [0.5, 0.6) is 0 Å². The summed E-state index contributed by atoms with van der Waals surface area (Å²) in [5, 5.41) is 10.7. The van der Waals surface area contributed by atoms with Crippen molar-refractivity contribution in [3.05, 3.63) is 24.0 Å². The highest BCUT2D eigenvalue weighted by molar-refractivity contribution is 5.69. The maximum Gasteiger partial charge on any atom is 0.410 e. The summed E-state index contributed by atoms with van der Waals surface area (Å²) >= 11 is 0. The Kier molecular flexibility index (Phi) is 4.60. The summed E-state index contributed by atoms with van der Waals surface area (Å²) in [4.78, 5) is 25.3. The van der Waals surface area contributed by atoms with Gasteiger partial charge in [-0.05, 0) is 52.5 Å². The smallest absolute Gasteiger partial charge is 0.410 e. The van der Waals surface area contributed by atoms with Crippen molar-refractivity contribution in [1.82, 2.24) is 25.1 Å². The molecule has 2 aliphatic carbocycles. The summed E-state index contributed by atoms with van der Waals surface area (Å²) in [6.07, 6.45) is 6.12. The van der Waals surface area contributed by atoms with Gasteiger partial charge in [0.15, 0.2) is 5.82 Å². The first-order valence-corrected chi connectivity index (χ1v) is 11.1. The molecule has 3 aliphatic rings. The second-order valence-corrected chi connectivity index (χ2v) is 10.4. The van der Waals surface area contributed by atoms with Crippen molar-refractivity contribution in [2.75, 3.05) is 30.4 Å². The minimum absolute atomic E-state index is 0.208. The standard InChI is InChI=1S/C22H31N7O2/c1-21(2,3)31-20(30)29-12-22(13-29)10-15(11-22)28(4)19-23-8-7-17(25-19)24-18-9-16(26-27-18)14-5-6-14/h7-9,14-15H,5-6,10-13H2,1-4H3,(H2,23,24,25,26,27). The van der Waals surface area contributed by atoms with Crippen molar-refractivity contribution < 1.29 is 9.53 Å². The Labute approximate surface area is 182 Å². The van der Waals surface area contributed by atoms with Crippen LogP contribution in [-0.2, 0) is 4.74 Å². The van der Waals surface area contributed by atoms with Gasteiger partial charge >= 0.3 is 6.09 Å². The molecule has 9 nitrogen and oxygen atoms in total. The predicted octanol–water partition coefficient (Wildman–Crippen LogP) is 3.66. The molecule has 1 spiro atoms. The molecule has 1 saturated heterocycles. The quantitative estimate of drug-likeness (QED) is 0.754. The van der Waals surface area contributed by atoms with Crippen molar-refractivity contribution in [3.63, 3.8) is 0 Å². The third-order valence-corrected chi connectivity index (χ3v) is 6.42. The SMILES string of the molecule is CN(c1nccc(Nc2cc(C3CC3)[nH]n2)n1)C1CC2(C1)CN(C(=O)OC(C)(C)C)C2. The molecule has 1 aliphatic heterocycles. The number of likely N-dealkylation sites (tertiary alicyclic amines) is 1. The van der Waals surface area contributed by atoms with E-state index in [9.17, 15) is 4.79 Å². The van der Waals surface area contributed by atoms with Crippen LogP contribution < -0.4 is 10.2 Å². The molecular formula is C22H31N7O2. The van der Waals surface area contributed by atoms with Gasteiger partial charge in [-0.15, -0.1) is 0 Å². The van der Waals surface area contributed by atoms with Gasteiger partial charge in [0.25, 0.3) is 0 Å². The molecule has 0 unspecified atom stereocenters. The number of ether oxygens (including phenoxy) is 1. The van der Waals surface area contributed by atoms with Crippen LogP contribution in [0.3, 0.4) is 0 Å². The first-order valence-electron chi connectivity index (χ1n) is 11.1. The van der Waals surface area contributed by atoms with Crippen LogP contribution in [0.1, 0.15) is 58.1 Å². The Morgan fingerprint density at radius 1 is 1.29 bits per heavy atom. The molecular weight excluding hydrogens is 394 g/mol. The largest absolute Gasteiger partial charge is 0.444 e. The van der Waals surface area contributed by atoms with Crippen LogP contribution in [0.15, 0.2) is 18.3 Å². The average Bonchev–Trinajstić information content (AvgIpc) is 3.38. The van der Waals surface area contributed by atoms with Crippen LogP contribution in [-0.4, -0.2) is 62.9 Å². The fraction of sp³-hybridized carbons (Fsp3) is 0.636. The number of hydrogen-bond acceptors (Lipinski definition) is 7. The normalized spacial score (nSPS) is 20.2. The van der Waals surface area contributed by atoms with E-state index in [4.69, 9.17) is 4.74 Å². The lowest BCUT2D eigenvalue weighted by atomic mass is 9.60. The molecule has 0 atom stereocenters. The first kappa shape index (κ1) is 20.1. The van der Waals surface area contributed by atoms with E-state index in [0.717, 1.165) is 37.6 Å². The van der Waals surface area contributed by atoms with Crippen molar-refractivity contribution in [2.45, 2.75) is 64.0 Å². The van der Waals surface area contributed by atoms with Crippen LogP contribution in [0.25, 0.3) is 0 Å². The summed E-state index contributed by atoms with van der Waals surface area (Å²) in [7, 11) is 2.04. The third-order valence-electron chi connectivity index (χ3n) is 6.42. The maximum absolute atomic E-state index is 12.2. The molecule has 3 heterocycles. The van der Waals surface area contributed by atoms with Gasteiger partial charge in [-0.25, -0.2) is 9.78 Å². The summed E-state index contributed by atoms with van der Waals surface area (Å²) in [6.45, 7) is 7.25. The summed E-state index contributed by atoms with van der Waals surface area (Å²) in [6, 6.07) is 4.30.